The molecule has 6 nitrogen and oxygen atoms in total. The Bertz CT molecular complexity index is 1330. The molecule has 3 heterocycles. The third-order valence-electron chi connectivity index (χ3n) is 5.19. The van der Waals surface area contributed by atoms with Crippen LogP contribution in [0.2, 0.25) is 0 Å². The number of methoxy groups -OCH3 is 1. The molecular formula is C23H16F2N4O2. The lowest BCUT2D eigenvalue weighted by atomic mass is 9.99. The van der Waals surface area contributed by atoms with E-state index in [1.54, 1.807) is 48.7 Å². The van der Waals surface area contributed by atoms with Gasteiger partial charge in [0.1, 0.15) is 11.6 Å². The van der Waals surface area contributed by atoms with Gasteiger partial charge < -0.3 is 9.64 Å². The van der Waals surface area contributed by atoms with E-state index in [-0.39, 0.29) is 18.7 Å². The Morgan fingerprint density at radius 1 is 1.06 bits per heavy atom. The predicted molar refractivity (Wildman–Crippen MR) is 111 cm³/mol. The average Bonchev–Trinajstić information content (AvgIpc) is 2.79. The highest BCUT2D eigenvalue weighted by Gasteiger charge is 2.28. The topological polar surface area (TPSA) is 68.2 Å². The number of ether oxygens (including phenoxy) is 1. The number of carbonyl (C=O) groups excluding carboxylic acids is 1. The van der Waals surface area contributed by atoms with E-state index in [0.717, 1.165) is 12.1 Å². The lowest BCUT2D eigenvalue weighted by molar-refractivity contribution is -0.117. The van der Waals surface area contributed by atoms with Gasteiger partial charge >= 0.3 is 0 Å². The van der Waals surface area contributed by atoms with Crippen molar-refractivity contribution in [2.75, 3.05) is 18.6 Å². The molecule has 0 amide bonds. The zero-order chi connectivity index (χ0) is 21.5. The zero-order valence-corrected chi connectivity index (χ0v) is 16.5. The number of aromatic nitrogens is 3. The van der Waals surface area contributed by atoms with Crippen LogP contribution in [0.5, 0.6) is 5.75 Å². The minimum Gasteiger partial charge on any atom is -0.497 e. The Hall–Kier alpha value is -3.94. The molecule has 1 aliphatic heterocycles. The third kappa shape index (κ3) is 3.35. The number of halogens is 2. The van der Waals surface area contributed by atoms with E-state index < -0.39 is 11.6 Å². The standard InChI is InChI=1S/C23H16F2N4O2/c1-31-16-4-5-20-17(9-16)23(28-22(27-20)13-3-2-6-26-11-13)29-12-15(30)7-14-8-18(24)19(25)10-21(14)29/h2-6,8-11H,7,12H2,1H3. The maximum atomic E-state index is 14.1. The van der Waals surface area contributed by atoms with Crippen molar-refractivity contribution in [2.45, 2.75) is 6.42 Å². The first-order valence-electron chi connectivity index (χ1n) is 9.57. The Labute approximate surface area is 176 Å². The summed E-state index contributed by atoms with van der Waals surface area (Å²) in [5.74, 6) is -0.706. The van der Waals surface area contributed by atoms with Crippen molar-refractivity contribution in [3.8, 4) is 17.1 Å². The van der Waals surface area contributed by atoms with Gasteiger partial charge in [-0.3, -0.25) is 9.78 Å². The molecule has 31 heavy (non-hydrogen) atoms. The van der Waals surface area contributed by atoms with Crippen LogP contribution in [0.15, 0.2) is 54.9 Å². The van der Waals surface area contributed by atoms with Crippen LogP contribution in [0.1, 0.15) is 5.56 Å². The van der Waals surface area contributed by atoms with Crippen LogP contribution in [-0.2, 0) is 11.2 Å². The number of fused-ring (bicyclic) bond motifs is 2. The summed E-state index contributed by atoms with van der Waals surface area (Å²) in [6.07, 6.45) is 3.32. The first kappa shape index (κ1) is 19.0. The first-order valence-corrected chi connectivity index (χ1v) is 9.57. The second kappa shape index (κ2) is 7.39. The van der Waals surface area contributed by atoms with E-state index in [4.69, 9.17) is 9.72 Å². The van der Waals surface area contributed by atoms with E-state index in [1.165, 1.54) is 0 Å². The van der Waals surface area contributed by atoms with E-state index in [9.17, 15) is 13.6 Å². The summed E-state index contributed by atoms with van der Waals surface area (Å²) in [5, 5.41) is 0.623. The molecule has 5 rings (SSSR count). The number of nitrogens with zero attached hydrogens (tertiary/aromatic N) is 4. The van der Waals surface area contributed by atoms with Crippen LogP contribution < -0.4 is 9.64 Å². The highest BCUT2D eigenvalue weighted by molar-refractivity contribution is 5.99. The van der Waals surface area contributed by atoms with E-state index in [1.807, 2.05) is 6.07 Å². The van der Waals surface area contributed by atoms with Crippen molar-refractivity contribution < 1.29 is 18.3 Å². The Balaban J connectivity index is 1.79. The number of rotatable bonds is 3. The molecule has 0 radical (unpaired) electrons. The van der Waals surface area contributed by atoms with Crippen LogP contribution in [0.4, 0.5) is 20.3 Å². The summed E-state index contributed by atoms with van der Waals surface area (Å²) in [7, 11) is 1.55. The molecule has 0 unspecified atom stereocenters. The highest BCUT2D eigenvalue weighted by Crippen LogP contribution is 2.38. The van der Waals surface area contributed by atoms with Crippen molar-refractivity contribution in [2.24, 2.45) is 0 Å². The van der Waals surface area contributed by atoms with Gasteiger partial charge in [-0.15, -0.1) is 0 Å². The SMILES string of the molecule is COc1ccc2nc(-c3cccnc3)nc(N3CC(=O)Cc4cc(F)c(F)cc43)c2c1. The number of hydrogen-bond acceptors (Lipinski definition) is 6. The smallest absolute Gasteiger partial charge is 0.163 e. The molecule has 0 saturated heterocycles. The number of pyridine rings is 1. The van der Waals surface area contributed by atoms with E-state index in [0.29, 0.717) is 45.1 Å². The molecule has 0 atom stereocenters. The van der Waals surface area contributed by atoms with Gasteiger partial charge in [-0.25, -0.2) is 18.7 Å². The van der Waals surface area contributed by atoms with Gasteiger partial charge in [-0.2, -0.15) is 0 Å². The van der Waals surface area contributed by atoms with Gasteiger partial charge in [-0.1, -0.05) is 0 Å². The largest absolute Gasteiger partial charge is 0.497 e. The van der Waals surface area contributed by atoms with Crippen LogP contribution in [0.3, 0.4) is 0 Å². The predicted octanol–water partition coefficient (Wildman–Crippen LogP) is 4.24. The van der Waals surface area contributed by atoms with Crippen LogP contribution in [-0.4, -0.2) is 34.4 Å². The number of Topliss-reactive ketones (excluding diaryl/α,β-unsaturated/α-hetero) is 1. The highest BCUT2D eigenvalue weighted by atomic mass is 19.2. The summed E-state index contributed by atoms with van der Waals surface area (Å²) < 4.78 is 33.3. The van der Waals surface area contributed by atoms with Gasteiger partial charge in [0, 0.05) is 41.5 Å². The molecule has 0 N–H and O–H groups in total. The summed E-state index contributed by atoms with van der Waals surface area (Å²) >= 11 is 0. The lowest BCUT2D eigenvalue weighted by Crippen LogP contribution is -2.33. The fourth-order valence-corrected chi connectivity index (χ4v) is 3.74. The van der Waals surface area contributed by atoms with Gasteiger partial charge in [0.25, 0.3) is 0 Å². The first-order chi connectivity index (χ1) is 15.0. The number of hydrogen-bond donors (Lipinski definition) is 0. The normalized spacial score (nSPS) is 13.4. The molecular weight excluding hydrogens is 402 g/mol. The monoisotopic (exact) mass is 418 g/mol. The molecule has 8 heteroatoms. The molecule has 0 bridgehead atoms. The maximum Gasteiger partial charge on any atom is 0.163 e. The minimum absolute atomic E-state index is 0.0200. The number of carbonyl (C=O) groups is 1. The summed E-state index contributed by atoms with van der Waals surface area (Å²) in [6, 6.07) is 11.1. The number of anilines is 2. The van der Waals surface area contributed by atoms with Gasteiger partial charge in [0.15, 0.2) is 23.2 Å². The van der Waals surface area contributed by atoms with Crippen LogP contribution in [0, 0.1) is 11.6 Å². The molecule has 0 aliphatic carbocycles. The summed E-state index contributed by atoms with van der Waals surface area (Å²) in [5.41, 5.74) is 2.12. The Morgan fingerprint density at radius 3 is 2.68 bits per heavy atom. The second-order valence-electron chi connectivity index (χ2n) is 7.19. The van der Waals surface area contributed by atoms with E-state index >= 15 is 0 Å². The van der Waals surface area contributed by atoms with Gasteiger partial charge in [-0.05, 0) is 42.0 Å². The number of ketones is 1. The van der Waals surface area contributed by atoms with Gasteiger partial charge in [0.2, 0.25) is 0 Å². The molecule has 2 aromatic heterocycles. The van der Waals surface area contributed by atoms with Gasteiger partial charge in [0.05, 0.1) is 19.2 Å². The van der Waals surface area contributed by atoms with Crippen LogP contribution >= 0.6 is 0 Å². The summed E-state index contributed by atoms with van der Waals surface area (Å²) in [6.45, 7) is -0.0200. The Morgan fingerprint density at radius 2 is 1.90 bits per heavy atom. The van der Waals surface area contributed by atoms with Crippen molar-refractivity contribution in [1.29, 1.82) is 0 Å². The number of benzene rings is 2. The van der Waals surface area contributed by atoms with Crippen molar-refractivity contribution in [1.82, 2.24) is 15.0 Å². The Kier molecular flexibility index (Phi) is 4.54. The average molecular weight is 418 g/mol. The van der Waals surface area contributed by atoms with Crippen LogP contribution in [0.25, 0.3) is 22.3 Å². The molecule has 4 aromatic rings. The summed E-state index contributed by atoms with van der Waals surface area (Å²) in [4.78, 5) is 27.5. The molecule has 0 spiro atoms. The molecule has 0 saturated carbocycles. The molecule has 2 aromatic carbocycles. The quantitative estimate of drug-likeness (QED) is 0.496. The minimum atomic E-state index is -0.987. The van der Waals surface area contributed by atoms with Crippen molar-refractivity contribution in [3.05, 3.63) is 72.1 Å². The molecule has 1 aliphatic rings. The second-order valence-corrected chi connectivity index (χ2v) is 7.19. The zero-order valence-electron chi connectivity index (χ0n) is 16.5. The van der Waals surface area contributed by atoms with E-state index in [2.05, 4.69) is 9.97 Å². The fraction of sp³-hybridized carbons (Fsp3) is 0.130. The lowest BCUT2D eigenvalue weighted by Gasteiger charge is -2.30. The third-order valence-corrected chi connectivity index (χ3v) is 5.19. The van der Waals surface area contributed by atoms with Crippen molar-refractivity contribution >= 4 is 28.2 Å². The van der Waals surface area contributed by atoms with Crippen molar-refractivity contribution in [3.63, 3.8) is 0 Å². The fourth-order valence-electron chi connectivity index (χ4n) is 3.74. The maximum absolute atomic E-state index is 14.1. The molecule has 0 fully saturated rings. The molecule has 154 valence electrons.